The molecule has 3 heterocycles. The number of benzene rings is 2. The summed E-state index contributed by atoms with van der Waals surface area (Å²) < 4.78 is 40.5. The maximum Gasteiger partial charge on any atom is 0.335 e. The van der Waals surface area contributed by atoms with Crippen LogP contribution in [0.5, 0.6) is 5.75 Å². The lowest BCUT2D eigenvalue weighted by atomic mass is 9.94. The monoisotopic (exact) mass is 834 g/mol. The summed E-state index contributed by atoms with van der Waals surface area (Å²) in [6.07, 6.45) is 2.32. The van der Waals surface area contributed by atoms with E-state index in [0.717, 1.165) is 36.7 Å². The zero-order chi connectivity index (χ0) is 37.7. The first kappa shape index (κ1) is 40.1. The Balaban J connectivity index is 1.35. The van der Waals surface area contributed by atoms with E-state index < -0.39 is 62.7 Å². The molecule has 284 valence electrons. The predicted molar refractivity (Wildman–Crippen MR) is 205 cm³/mol. The molecule has 16 heteroatoms. The Morgan fingerprint density at radius 2 is 1.48 bits per heavy atom. The van der Waals surface area contributed by atoms with Crippen molar-refractivity contribution < 1.29 is 28.1 Å². The third kappa shape index (κ3) is 7.89. The van der Waals surface area contributed by atoms with Gasteiger partial charge in [0.05, 0.1) is 23.8 Å². The molecule has 0 radical (unpaired) electrons. The van der Waals surface area contributed by atoms with Gasteiger partial charge in [0.2, 0.25) is 0 Å². The molecule has 0 amide bonds. The highest BCUT2D eigenvalue weighted by atomic mass is 35.5. The molecule has 0 unspecified atom stereocenters. The first-order chi connectivity index (χ1) is 24.4. The second-order valence-electron chi connectivity index (χ2n) is 15.0. The number of aromatic nitrogens is 2. The number of halogens is 5. The highest BCUT2D eigenvalue weighted by Gasteiger charge is 2.59. The number of nitrogens with zero attached hydrogens (tertiary/aromatic N) is 2. The lowest BCUT2D eigenvalue weighted by Gasteiger charge is -2.38. The van der Waals surface area contributed by atoms with E-state index in [0.29, 0.717) is 16.3 Å². The molecule has 3 aromatic rings. The summed E-state index contributed by atoms with van der Waals surface area (Å²) in [5.74, 6) is -0.350. The van der Waals surface area contributed by atoms with Crippen molar-refractivity contribution in [2.45, 2.75) is 114 Å². The quantitative estimate of drug-likeness (QED) is 0.187. The molecule has 3 fully saturated rings. The minimum Gasteiger partial charge on any atom is -0.497 e. The van der Waals surface area contributed by atoms with Crippen molar-refractivity contribution in [1.29, 1.82) is 0 Å². The molecule has 1 aliphatic carbocycles. The molecule has 6 rings (SSSR count). The second kappa shape index (κ2) is 15.5. The van der Waals surface area contributed by atoms with Crippen LogP contribution < -0.4 is 16.0 Å². The molecule has 0 bridgehead atoms. The van der Waals surface area contributed by atoms with Crippen LogP contribution in [0.4, 0.5) is 0 Å². The van der Waals surface area contributed by atoms with Crippen molar-refractivity contribution in [1.82, 2.24) is 9.13 Å². The molecule has 1 saturated carbocycles. The average Bonchev–Trinajstić information content (AvgIpc) is 3.57. The lowest BCUT2D eigenvalue weighted by molar-refractivity contribution is -0.233. The van der Waals surface area contributed by atoms with Crippen molar-refractivity contribution in [3.63, 3.8) is 0 Å². The molecule has 0 N–H and O–H groups in total. The van der Waals surface area contributed by atoms with Crippen LogP contribution in [-0.4, -0.2) is 55.3 Å². The number of rotatable bonds is 10. The number of ether oxygens (including phenoxy) is 5. The van der Waals surface area contributed by atoms with Crippen molar-refractivity contribution >= 4 is 66.3 Å². The van der Waals surface area contributed by atoms with Gasteiger partial charge < -0.3 is 28.1 Å². The summed E-state index contributed by atoms with van der Waals surface area (Å²) >= 11 is 33.0. The fourth-order valence-corrected chi connectivity index (χ4v) is 9.42. The van der Waals surface area contributed by atoms with Crippen molar-refractivity contribution in [2.75, 3.05) is 13.7 Å². The summed E-state index contributed by atoms with van der Waals surface area (Å²) in [6, 6.07) is 7.38. The Kier molecular flexibility index (Phi) is 11.9. The Bertz CT molecular complexity index is 1880. The van der Waals surface area contributed by atoms with Gasteiger partial charge in [-0.2, -0.15) is 0 Å². The van der Waals surface area contributed by atoms with E-state index in [1.54, 1.807) is 12.1 Å². The van der Waals surface area contributed by atoms with Gasteiger partial charge >= 0.3 is 5.69 Å². The van der Waals surface area contributed by atoms with Gasteiger partial charge in [-0.25, -0.2) is 9.36 Å². The van der Waals surface area contributed by atoms with Crippen LogP contribution in [-0.2, 0) is 30.1 Å². The molecule has 3 aliphatic rings. The molecular weight excluding hydrogens is 794 g/mol. The zero-order valence-electron chi connectivity index (χ0n) is 29.9. The van der Waals surface area contributed by atoms with Gasteiger partial charge in [0.1, 0.15) is 36.9 Å². The molecular formula is C36H43Cl5N2O8Si. The summed E-state index contributed by atoms with van der Waals surface area (Å²) in [5, 5.41) is 0.959. The highest BCUT2D eigenvalue weighted by molar-refractivity contribution is 6.74. The predicted octanol–water partition coefficient (Wildman–Crippen LogP) is 9.41. The van der Waals surface area contributed by atoms with Gasteiger partial charge in [-0.05, 0) is 55.2 Å². The van der Waals surface area contributed by atoms with E-state index in [9.17, 15) is 9.59 Å². The number of methoxy groups -OCH3 is 1. The minimum absolute atomic E-state index is 0.0208. The third-order valence-electron chi connectivity index (χ3n) is 10.6. The van der Waals surface area contributed by atoms with Gasteiger partial charge in [0.15, 0.2) is 20.3 Å². The fourth-order valence-electron chi connectivity index (χ4n) is 6.73. The van der Waals surface area contributed by atoms with Crippen LogP contribution in [0.1, 0.15) is 76.3 Å². The topological polar surface area (TPSA) is 99.4 Å². The molecule has 5 atom stereocenters. The summed E-state index contributed by atoms with van der Waals surface area (Å²) in [6.45, 7) is 10.6. The lowest BCUT2D eigenvalue weighted by Crippen LogP contribution is -2.45. The molecule has 52 heavy (non-hydrogen) atoms. The average molecular weight is 837 g/mol. The summed E-state index contributed by atoms with van der Waals surface area (Å²) in [7, 11) is -0.675. The van der Waals surface area contributed by atoms with Crippen LogP contribution in [0.25, 0.3) is 0 Å². The van der Waals surface area contributed by atoms with E-state index >= 15 is 0 Å². The van der Waals surface area contributed by atoms with Gasteiger partial charge in [-0.3, -0.25) is 9.36 Å². The normalized spacial score (nSPS) is 23.6. The van der Waals surface area contributed by atoms with Crippen LogP contribution in [0.15, 0.2) is 46.1 Å². The molecule has 2 saturated heterocycles. The first-order valence-electron chi connectivity index (χ1n) is 17.2. The van der Waals surface area contributed by atoms with E-state index in [1.807, 2.05) is 0 Å². The van der Waals surface area contributed by atoms with E-state index in [-0.39, 0.29) is 37.3 Å². The van der Waals surface area contributed by atoms with Gasteiger partial charge in [-0.15, -0.1) is 0 Å². The van der Waals surface area contributed by atoms with Crippen molar-refractivity contribution in [3.8, 4) is 5.75 Å². The van der Waals surface area contributed by atoms with Gasteiger partial charge in [-0.1, -0.05) is 85.2 Å². The summed E-state index contributed by atoms with van der Waals surface area (Å²) in [5.41, 5.74) is -0.721. The summed E-state index contributed by atoms with van der Waals surface area (Å²) in [4.78, 5) is 27.6. The molecule has 1 spiro atoms. The molecule has 2 aliphatic heterocycles. The standard InChI is InChI=1S/C36H43Cl5N2O8Si/c1-35(2,3)52(5,6)48-18-26-30-32(51-36(50-30)11-8-7-9-12-36)33(49-26)42-13-10-27(44)43(34(42)45)19-47-31(28-22(38)14-20(37)15-23(28)39)29-24(40)16-21(46-4)17-25(29)41/h10,13-17,26,30-33H,7-9,11-12,18-19H2,1-6H3/t26-,30-,31-,32-,33-/m1/s1. The third-order valence-corrected chi connectivity index (χ3v) is 16.6. The Labute approximate surface area is 329 Å². The SMILES string of the molecule is COc1cc(Cl)c([C@H](OCn2c(=O)ccn([C@@H]3O[C@H](CO[Si](C)(C)C(C)(C)C)[C@H]4OC5(CCCCC5)O[C@H]43)c2=O)c2c(Cl)cc(Cl)cc2Cl)c(Cl)c1. The fraction of sp³-hybridized carbons (Fsp3) is 0.556. The van der Waals surface area contributed by atoms with E-state index in [1.165, 1.54) is 36.1 Å². The van der Waals surface area contributed by atoms with Crippen LogP contribution in [0.3, 0.4) is 0 Å². The molecule has 10 nitrogen and oxygen atoms in total. The minimum atomic E-state index is -2.15. The second-order valence-corrected chi connectivity index (χ2v) is 21.9. The number of hydrogen-bond acceptors (Lipinski definition) is 8. The van der Waals surface area contributed by atoms with Crippen LogP contribution in [0.2, 0.25) is 43.2 Å². The van der Waals surface area contributed by atoms with Crippen LogP contribution in [0, 0.1) is 0 Å². The van der Waals surface area contributed by atoms with Gasteiger partial charge in [0.25, 0.3) is 5.56 Å². The first-order valence-corrected chi connectivity index (χ1v) is 22.0. The maximum absolute atomic E-state index is 14.3. The van der Waals surface area contributed by atoms with Crippen molar-refractivity contribution in [2.24, 2.45) is 0 Å². The maximum atomic E-state index is 14.3. The number of fused-ring (bicyclic) bond motifs is 1. The highest BCUT2D eigenvalue weighted by Crippen LogP contribution is 2.49. The Hall–Kier alpha value is -1.61. The number of hydrogen-bond donors (Lipinski definition) is 0. The largest absolute Gasteiger partial charge is 0.497 e. The van der Waals surface area contributed by atoms with Gasteiger partial charge in [0, 0.05) is 51.3 Å². The Morgan fingerprint density at radius 1 is 0.904 bits per heavy atom. The zero-order valence-corrected chi connectivity index (χ0v) is 34.6. The smallest absolute Gasteiger partial charge is 0.335 e. The molecule has 2 aromatic carbocycles. The van der Waals surface area contributed by atoms with E-state index in [4.69, 9.17) is 86.1 Å². The van der Waals surface area contributed by atoms with Crippen molar-refractivity contribution in [3.05, 3.63) is 93.6 Å². The Morgan fingerprint density at radius 3 is 2.06 bits per heavy atom. The van der Waals surface area contributed by atoms with E-state index in [2.05, 4.69) is 33.9 Å². The molecule has 1 aromatic heterocycles. The van der Waals surface area contributed by atoms with Crippen LogP contribution >= 0.6 is 58.0 Å².